The molecule has 0 spiro atoms. The molecule has 0 bridgehead atoms. The summed E-state index contributed by atoms with van der Waals surface area (Å²) < 4.78 is 10.4. The van der Waals surface area contributed by atoms with Crippen molar-refractivity contribution in [1.29, 1.82) is 0 Å². The number of anilines is 1. The molecule has 6 heteroatoms. The quantitative estimate of drug-likeness (QED) is 0.420. The number of rotatable bonds is 7. The third-order valence-corrected chi connectivity index (χ3v) is 6.08. The highest BCUT2D eigenvalue weighted by Crippen LogP contribution is 2.51. The first-order valence-electron chi connectivity index (χ1n) is 11.2. The van der Waals surface area contributed by atoms with Crippen LogP contribution in [0.15, 0.2) is 97.1 Å². The molecule has 0 radical (unpaired) electrons. The van der Waals surface area contributed by atoms with Crippen LogP contribution in [0.2, 0.25) is 0 Å². The zero-order valence-corrected chi connectivity index (χ0v) is 19.1. The van der Waals surface area contributed by atoms with Crippen LogP contribution in [0.25, 0.3) is 0 Å². The van der Waals surface area contributed by atoms with Crippen molar-refractivity contribution in [2.45, 2.75) is 18.6 Å². The van der Waals surface area contributed by atoms with Crippen molar-refractivity contribution in [2.24, 2.45) is 5.92 Å². The van der Waals surface area contributed by atoms with Gasteiger partial charge in [0.05, 0.1) is 19.8 Å². The fraction of sp³-hybridized carbons (Fsp3) is 0.214. The van der Waals surface area contributed by atoms with Crippen LogP contribution < -0.4 is 9.64 Å². The number of carbonyl (C=O) groups is 2. The maximum Gasteiger partial charge on any atom is 0.330 e. The highest BCUT2D eigenvalue weighted by atomic mass is 16.5. The van der Waals surface area contributed by atoms with Gasteiger partial charge in [-0.05, 0) is 42.3 Å². The Hall–Kier alpha value is -3.90. The topological polar surface area (TPSA) is 76.1 Å². The Labute approximate surface area is 199 Å². The lowest BCUT2D eigenvalue weighted by atomic mass is 9.78. The lowest BCUT2D eigenvalue weighted by Crippen LogP contribution is -2.40. The molecule has 0 saturated carbocycles. The third kappa shape index (κ3) is 4.20. The van der Waals surface area contributed by atoms with E-state index in [9.17, 15) is 14.7 Å². The molecule has 0 aliphatic carbocycles. The van der Waals surface area contributed by atoms with Crippen molar-refractivity contribution in [3.63, 3.8) is 0 Å². The van der Waals surface area contributed by atoms with E-state index >= 15 is 0 Å². The van der Waals surface area contributed by atoms with E-state index < -0.39 is 29.4 Å². The minimum absolute atomic E-state index is 0.230. The molecule has 1 aliphatic heterocycles. The molecule has 3 aromatic rings. The molecule has 34 heavy (non-hydrogen) atoms. The Bertz CT molecular complexity index is 1160. The number of carbonyl (C=O) groups excluding carboxylic acids is 2. The average Bonchev–Trinajstić information content (AvgIpc) is 3.11. The van der Waals surface area contributed by atoms with Gasteiger partial charge in [-0.1, -0.05) is 66.7 Å². The van der Waals surface area contributed by atoms with Gasteiger partial charge in [-0.2, -0.15) is 0 Å². The highest BCUT2D eigenvalue weighted by molar-refractivity contribution is 6.04. The second-order valence-electron chi connectivity index (χ2n) is 8.00. The SMILES string of the molecule is CCOC(=O)/C=C/[C@@H]1[C@@H](c2ccc(OC)cc2)N(c2ccccc2)C(=O)[C@]1(O)c1ccccc1. The van der Waals surface area contributed by atoms with Crippen LogP contribution in [0.4, 0.5) is 5.69 Å². The van der Waals surface area contributed by atoms with E-state index in [2.05, 4.69) is 0 Å². The van der Waals surface area contributed by atoms with Gasteiger partial charge in [-0.25, -0.2) is 4.79 Å². The van der Waals surface area contributed by atoms with Gasteiger partial charge in [0.1, 0.15) is 5.75 Å². The molecule has 1 N–H and O–H groups in total. The monoisotopic (exact) mass is 457 g/mol. The third-order valence-electron chi connectivity index (χ3n) is 6.08. The summed E-state index contributed by atoms with van der Waals surface area (Å²) in [6.45, 7) is 1.95. The summed E-state index contributed by atoms with van der Waals surface area (Å²) in [5, 5.41) is 12.1. The molecule has 1 aliphatic rings. The highest BCUT2D eigenvalue weighted by Gasteiger charge is 2.59. The van der Waals surface area contributed by atoms with Crippen molar-refractivity contribution in [3.05, 3.63) is 108 Å². The first-order chi connectivity index (χ1) is 16.5. The molecule has 1 saturated heterocycles. The van der Waals surface area contributed by atoms with Crippen molar-refractivity contribution < 1.29 is 24.2 Å². The van der Waals surface area contributed by atoms with Crippen molar-refractivity contribution in [3.8, 4) is 5.75 Å². The Morgan fingerprint density at radius 1 is 1.00 bits per heavy atom. The van der Waals surface area contributed by atoms with Crippen LogP contribution in [0.3, 0.4) is 0 Å². The summed E-state index contributed by atoms with van der Waals surface area (Å²) in [4.78, 5) is 27.8. The first kappa shape index (κ1) is 23.3. The summed E-state index contributed by atoms with van der Waals surface area (Å²) in [5.74, 6) is -1.10. The van der Waals surface area contributed by atoms with E-state index in [0.717, 1.165) is 5.56 Å². The standard InChI is InChI=1S/C28H27NO5/c1-3-34-25(30)19-18-24-26(20-14-16-23(33-2)17-15-20)29(22-12-8-5-9-13-22)27(31)28(24,32)21-10-6-4-7-11-21/h4-19,24,26,32H,3H2,1-2H3/b19-18+/t24-,26-,28+/m1/s1. The van der Waals surface area contributed by atoms with Crippen LogP contribution >= 0.6 is 0 Å². The molecular weight excluding hydrogens is 430 g/mol. The minimum atomic E-state index is -1.90. The average molecular weight is 458 g/mol. The molecule has 0 unspecified atom stereocenters. The number of nitrogens with zero attached hydrogens (tertiary/aromatic N) is 1. The van der Waals surface area contributed by atoms with E-state index in [1.54, 1.807) is 49.3 Å². The Kier molecular flexibility index (Phi) is 6.80. The second-order valence-corrected chi connectivity index (χ2v) is 8.00. The summed E-state index contributed by atoms with van der Waals surface area (Å²) in [5.41, 5.74) is -0.00134. The van der Waals surface area contributed by atoms with Gasteiger partial charge in [-0.3, -0.25) is 4.79 Å². The van der Waals surface area contributed by atoms with Gasteiger partial charge in [0.2, 0.25) is 0 Å². The van der Waals surface area contributed by atoms with Crippen molar-refractivity contribution in [1.82, 2.24) is 0 Å². The number of para-hydroxylation sites is 1. The number of methoxy groups -OCH3 is 1. The summed E-state index contributed by atoms with van der Waals surface area (Å²) in [7, 11) is 1.59. The molecule has 3 aromatic carbocycles. The van der Waals surface area contributed by atoms with E-state index in [1.807, 2.05) is 60.7 Å². The van der Waals surface area contributed by atoms with Crippen LogP contribution in [0.5, 0.6) is 5.75 Å². The molecule has 0 aromatic heterocycles. The Morgan fingerprint density at radius 3 is 2.21 bits per heavy atom. The summed E-state index contributed by atoms with van der Waals surface area (Å²) >= 11 is 0. The van der Waals surface area contributed by atoms with Crippen LogP contribution in [-0.2, 0) is 19.9 Å². The molecule has 174 valence electrons. The molecule has 1 amide bonds. The number of aliphatic hydroxyl groups is 1. The number of amides is 1. The van der Waals surface area contributed by atoms with Gasteiger partial charge < -0.3 is 19.5 Å². The number of ether oxygens (including phenoxy) is 2. The summed E-state index contributed by atoms with van der Waals surface area (Å²) in [6, 6.07) is 24.8. The fourth-order valence-electron chi connectivity index (χ4n) is 4.49. The zero-order valence-electron chi connectivity index (χ0n) is 19.1. The molecule has 3 atom stereocenters. The van der Waals surface area contributed by atoms with Gasteiger partial charge in [0.15, 0.2) is 5.60 Å². The first-order valence-corrected chi connectivity index (χ1v) is 11.2. The van der Waals surface area contributed by atoms with E-state index in [1.165, 1.54) is 6.08 Å². The van der Waals surface area contributed by atoms with Crippen LogP contribution in [0.1, 0.15) is 24.1 Å². The van der Waals surface area contributed by atoms with Crippen LogP contribution in [-0.4, -0.2) is 30.7 Å². The maximum atomic E-state index is 14.0. The number of hydrogen-bond acceptors (Lipinski definition) is 5. The summed E-state index contributed by atoms with van der Waals surface area (Å²) in [6.07, 6.45) is 2.88. The predicted molar refractivity (Wildman–Crippen MR) is 129 cm³/mol. The molecule has 1 heterocycles. The largest absolute Gasteiger partial charge is 0.497 e. The predicted octanol–water partition coefficient (Wildman–Crippen LogP) is 4.41. The molecule has 1 fully saturated rings. The van der Waals surface area contributed by atoms with E-state index in [0.29, 0.717) is 17.0 Å². The van der Waals surface area contributed by atoms with Gasteiger partial charge >= 0.3 is 5.97 Å². The van der Waals surface area contributed by atoms with E-state index in [-0.39, 0.29) is 6.61 Å². The zero-order chi connectivity index (χ0) is 24.1. The minimum Gasteiger partial charge on any atom is -0.497 e. The lowest BCUT2D eigenvalue weighted by molar-refractivity contribution is -0.138. The van der Waals surface area contributed by atoms with E-state index in [4.69, 9.17) is 9.47 Å². The van der Waals surface area contributed by atoms with Gasteiger partial charge in [0.25, 0.3) is 5.91 Å². The maximum absolute atomic E-state index is 14.0. The fourth-order valence-corrected chi connectivity index (χ4v) is 4.49. The Morgan fingerprint density at radius 2 is 1.62 bits per heavy atom. The van der Waals surface area contributed by atoms with Crippen molar-refractivity contribution in [2.75, 3.05) is 18.6 Å². The smallest absolute Gasteiger partial charge is 0.330 e. The Balaban J connectivity index is 1.92. The number of esters is 1. The second kappa shape index (κ2) is 9.93. The molecule has 6 nitrogen and oxygen atoms in total. The number of hydrogen-bond donors (Lipinski definition) is 1. The molecular formula is C28H27NO5. The number of benzene rings is 3. The van der Waals surface area contributed by atoms with Gasteiger partial charge in [-0.15, -0.1) is 0 Å². The lowest BCUT2D eigenvalue weighted by Gasteiger charge is -2.29. The molecule has 4 rings (SSSR count). The van der Waals surface area contributed by atoms with Gasteiger partial charge in [0, 0.05) is 17.7 Å². The van der Waals surface area contributed by atoms with Crippen LogP contribution in [0, 0.1) is 5.92 Å². The van der Waals surface area contributed by atoms with Crippen molar-refractivity contribution >= 4 is 17.6 Å². The normalized spacial score (nSPS) is 22.2.